The van der Waals surface area contributed by atoms with E-state index in [1.54, 1.807) is 41.3 Å². The van der Waals surface area contributed by atoms with Crippen molar-refractivity contribution in [1.29, 1.82) is 0 Å². The van der Waals surface area contributed by atoms with Gasteiger partial charge in [-0.15, -0.1) is 0 Å². The molecule has 0 spiro atoms. The van der Waals surface area contributed by atoms with Crippen molar-refractivity contribution in [2.75, 3.05) is 37.2 Å². The zero-order valence-electron chi connectivity index (χ0n) is 19.4. The Balaban J connectivity index is 1.41. The summed E-state index contributed by atoms with van der Waals surface area (Å²) < 4.78 is 53.0. The third-order valence-electron chi connectivity index (χ3n) is 5.62. The van der Waals surface area contributed by atoms with Gasteiger partial charge in [0.15, 0.2) is 27.4 Å². The van der Waals surface area contributed by atoms with Crippen molar-refractivity contribution in [3.63, 3.8) is 0 Å². The van der Waals surface area contributed by atoms with Crippen molar-refractivity contribution >= 4 is 21.4 Å². The molecule has 1 aliphatic rings. The first-order valence-corrected chi connectivity index (χ1v) is 13.1. The fourth-order valence-corrected chi connectivity index (χ4v) is 4.21. The number of rotatable bonds is 9. The van der Waals surface area contributed by atoms with E-state index in [-0.39, 0.29) is 24.1 Å². The second-order valence-electron chi connectivity index (χ2n) is 8.23. The summed E-state index contributed by atoms with van der Waals surface area (Å²) in [7, 11) is -1.66. The third-order valence-corrected chi connectivity index (χ3v) is 6.53. The van der Waals surface area contributed by atoms with Gasteiger partial charge in [0.1, 0.15) is 18.2 Å². The van der Waals surface area contributed by atoms with E-state index in [1.807, 2.05) is 18.2 Å². The predicted octanol–water partition coefficient (Wildman–Crippen LogP) is 4.11. The Kier molecular flexibility index (Phi) is 7.25. The number of carbonyl (C=O) groups excluding carboxylic acids is 1. The van der Waals surface area contributed by atoms with Gasteiger partial charge in [-0.2, -0.15) is 0 Å². The molecule has 0 saturated carbocycles. The lowest BCUT2D eigenvalue weighted by atomic mass is 10.1. The summed E-state index contributed by atoms with van der Waals surface area (Å²) in [5.41, 5.74) is 2.24. The molecule has 1 heterocycles. The molecule has 1 unspecified atom stereocenters. The van der Waals surface area contributed by atoms with Gasteiger partial charge in [-0.3, -0.25) is 4.79 Å². The second-order valence-corrected chi connectivity index (χ2v) is 10.5. The Morgan fingerprint density at radius 3 is 2.46 bits per heavy atom. The van der Waals surface area contributed by atoms with Crippen LogP contribution < -0.4 is 19.1 Å². The summed E-state index contributed by atoms with van der Waals surface area (Å²) in [6, 6.07) is 18.6. The fourth-order valence-electron chi connectivity index (χ4n) is 3.82. The number of amides is 1. The van der Waals surface area contributed by atoms with E-state index >= 15 is 0 Å². The lowest BCUT2D eigenvalue weighted by molar-refractivity contribution is -0.122. The molecular weight excluding hydrogens is 473 g/mol. The summed E-state index contributed by atoms with van der Waals surface area (Å²) >= 11 is 0. The van der Waals surface area contributed by atoms with Gasteiger partial charge in [0.05, 0.1) is 12.9 Å². The van der Waals surface area contributed by atoms with Crippen molar-refractivity contribution in [2.45, 2.75) is 12.5 Å². The normalized spacial score (nSPS) is 15.8. The molecule has 7 nitrogen and oxygen atoms in total. The highest BCUT2D eigenvalue weighted by molar-refractivity contribution is 7.90. The average Bonchev–Trinajstić information content (AvgIpc) is 3.19. The molecule has 1 aliphatic heterocycles. The summed E-state index contributed by atoms with van der Waals surface area (Å²) in [5.74, 6) is 0.776. The second kappa shape index (κ2) is 10.4. The zero-order chi connectivity index (χ0) is 25.0. The first kappa shape index (κ1) is 24.5. The van der Waals surface area contributed by atoms with Gasteiger partial charge in [0, 0.05) is 31.0 Å². The molecular formula is C26H26FNO6S. The molecule has 3 aromatic carbocycles. The van der Waals surface area contributed by atoms with Gasteiger partial charge < -0.3 is 19.1 Å². The molecule has 4 rings (SSSR count). The van der Waals surface area contributed by atoms with E-state index in [9.17, 15) is 17.6 Å². The summed E-state index contributed by atoms with van der Waals surface area (Å²) in [5, 5.41) is 0. The first-order chi connectivity index (χ1) is 16.7. The number of carbonyl (C=O) groups is 1. The highest BCUT2D eigenvalue weighted by Crippen LogP contribution is 2.34. The van der Waals surface area contributed by atoms with Gasteiger partial charge in [0.2, 0.25) is 0 Å². The Hall–Kier alpha value is -3.59. The minimum Gasteiger partial charge on any atom is -0.493 e. The Bertz CT molecular complexity index is 1310. The molecule has 0 N–H and O–H groups in total. The van der Waals surface area contributed by atoms with Crippen molar-refractivity contribution in [3.05, 3.63) is 72.5 Å². The van der Waals surface area contributed by atoms with Crippen LogP contribution in [0.25, 0.3) is 11.1 Å². The van der Waals surface area contributed by atoms with Crippen LogP contribution in [0.15, 0.2) is 66.7 Å². The van der Waals surface area contributed by atoms with Crippen LogP contribution in [-0.4, -0.2) is 52.7 Å². The monoisotopic (exact) mass is 499 g/mol. The first-order valence-electron chi connectivity index (χ1n) is 11.1. The number of halogens is 1. The molecule has 1 saturated heterocycles. The van der Waals surface area contributed by atoms with Gasteiger partial charge >= 0.3 is 0 Å². The topological polar surface area (TPSA) is 82.1 Å². The quantitative estimate of drug-likeness (QED) is 0.441. The van der Waals surface area contributed by atoms with Crippen LogP contribution >= 0.6 is 0 Å². The molecule has 0 aliphatic carbocycles. The zero-order valence-corrected chi connectivity index (χ0v) is 20.3. The maximum Gasteiger partial charge on any atom is 0.268 e. The van der Waals surface area contributed by atoms with E-state index in [1.165, 1.54) is 19.2 Å². The maximum atomic E-state index is 13.5. The van der Waals surface area contributed by atoms with Crippen LogP contribution in [0.1, 0.15) is 6.42 Å². The number of anilines is 1. The van der Waals surface area contributed by atoms with E-state index in [2.05, 4.69) is 0 Å². The molecule has 9 heteroatoms. The molecule has 1 atom stereocenters. The number of benzene rings is 3. The molecule has 0 aromatic heterocycles. The van der Waals surface area contributed by atoms with E-state index in [4.69, 9.17) is 14.2 Å². The number of nitrogens with zero attached hydrogens (tertiary/aromatic N) is 1. The van der Waals surface area contributed by atoms with Crippen LogP contribution in [-0.2, 0) is 14.6 Å². The van der Waals surface area contributed by atoms with Crippen LogP contribution in [0, 0.1) is 5.82 Å². The predicted molar refractivity (Wildman–Crippen MR) is 131 cm³/mol. The van der Waals surface area contributed by atoms with Crippen molar-refractivity contribution in [2.24, 2.45) is 0 Å². The van der Waals surface area contributed by atoms with Gasteiger partial charge in [-0.1, -0.05) is 24.3 Å². The average molecular weight is 500 g/mol. The Morgan fingerprint density at radius 2 is 1.77 bits per heavy atom. The van der Waals surface area contributed by atoms with Gasteiger partial charge in [-0.25, -0.2) is 12.8 Å². The Morgan fingerprint density at radius 1 is 1.00 bits per heavy atom. The maximum absolute atomic E-state index is 13.5. The lowest BCUT2D eigenvalue weighted by Crippen LogP contribution is -2.32. The van der Waals surface area contributed by atoms with Crippen LogP contribution in [0.5, 0.6) is 17.2 Å². The molecule has 1 amide bonds. The SMILES string of the molecule is COc1cc(N2CCC(Oc3ccc(-c4cccc(F)c4)cc3)C2=O)ccc1OCCS(C)(=O)=O. The molecule has 0 radical (unpaired) electrons. The molecule has 35 heavy (non-hydrogen) atoms. The van der Waals surface area contributed by atoms with E-state index in [0.29, 0.717) is 35.9 Å². The summed E-state index contributed by atoms with van der Waals surface area (Å²) in [4.78, 5) is 14.6. The largest absolute Gasteiger partial charge is 0.493 e. The van der Waals surface area contributed by atoms with Crippen molar-refractivity contribution in [3.8, 4) is 28.4 Å². The summed E-state index contributed by atoms with van der Waals surface area (Å²) in [6.45, 7) is 0.480. The lowest BCUT2D eigenvalue weighted by Gasteiger charge is -2.19. The number of hydrogen-bond acceptors (Lipinski definition) is 6. The van der Waals surface area contributed by atoms with Crippen LogP contribution in [0.4, 0.5) is 10.1 Å². The minimum absolute atomic E-state index is 0.00506. The van der Waals surface area contributed by atoms with Crippen molar-refractivity contribution < 1.29 is 31.8 Å². The highest BCUT2D eigenvalue weighted by atomic mass is 32.2. The van der Waals surface area contributed by atoms with Crippen LogP contribution in [0.3, 0.4) is 0 Å². The number of ether oxygens (including phenoxy) is 3. The molecule has 0 bridgehead atoms. The number of hydrogen-bond donors (Lipinski definition) is 0. The minimum atomic E-state index is -3.14. The standard InChI is InChI=1S/C26H26FNO6S/c1-32-25-17-21(8-11-23(25)33-14-15-35(2,30)31)28-13-12-24(26(28)29)34-22-9-6-18(7-10-22)19-4-3-5-20(27)16-19/h3-11,16-17,24H,12-15H2,1-2H3. The Labute approximate surface area is 204 Å². The summed E-state index contributed by atoms with van der Waals surface area (Å²) in [6.07, 6.45) is 1.03. The third kappa shape index (κ3) is 6.10. The molecule has 3 aromatic rings. The smallest absolute Gasteiger partial charge is 0.268 e. The highest BCUT2D eigenvalue weighted by Gasteiger charge is 2.34. The van der Waals surface area contributed by atoms with Gasteiger partial charge in [-0.05, 0) is 47.5 Å². The molecule has 1 fully saturated rings. The van der Waals surface area contributed by atoms with Crippen LogP contribution in [0.2, 0.25) is 0 Å². The number of methoxy groups -OCH3 is 1. The van der Waals surface area contributed by atoms with E-state index < -0.39 is 15.9 Å². The molecule has 184 valence electrons. The fraction of sp³-hybridized carbons (Fsp3) is 0.269. The van der Waals surface area contributed by atoms with Gasteiger partial charge in [0.25, 0.3) is 5.91 Å². The number of sulfone groups is 1. The van der Waals surface area contributed by atoms with Crippen molar-refractivity contribution in [1.82, 2.24) is 0 Å². The van der Waals surface area contributed by atoms with E-state index in [0.717, 1.165) is 17.4 Å².